The van der Waals surface area contributed by atoms with E-state index in [1.165, 1.54) is 22.3 Å². The van der Waals surface area contributed by atoms with Crippen LogP contribution in [0.25, 0.3) is 0 Å². The third-order valence-corrected chi connectivity index (χ3v) is 6.38. The van der Waals surface area contributed by atoms with Gasteiger partial charge in [-0.3, -0.25) is 9.98 Å². The minimum absolute atomic E-state index is 0. The molecule has 38 heavy (non-hydrogen) atoms. The van der Waals surface area contributed by atoms with Gasteiger partial charge in [-0.2, -0.15) is 0 Å². The van der Waals surface area contributed by atoms with Gasteiger partial charge < -0.3 is 24.8 Å². The molecular weight excluding hydrogens is 577 g/mol. The Morgan fingerprint density at radius 2 is 0.895 bits per heavy atom. The van der Waals surface area contributed by atoms with Crippen molar-refractivity contribution < 1.29 is 41.9 Å². The molecule has 1 aromatic heterocycles. The number of nitrogens with zero attached hydrogens (tertiary/aromatic N) is 3. The van der Waals surface area contributed by atoms with Crippen molar-refractivity contribution in [2.45, 2.75) is 79.1 Å². The fraction of sp³-hybridized carbons (Fsp3) is 0.387. The summed E-state index contributed by atoms with van der Waals surface area (Å²) in [6.45, 7) is 17.6. The molecule has 0 saturated carbocycles. The van der Waals surface area contributed by atoms with E-state index in [0.717, 1.165) is 11.4 Å². The summed E-state index contributed by atoms with van der Waals surface area (Å²) in [5, 5.41) is 0.616. The molecule has 7 heteroatoms. The first-order valence-corrected chi connectivity index (χ1v) is 13.0. The quantitative estimate of drug-likeness (QED) is 0.282. The normalized spacial score (nSPS) is 11.4. The zero-order valence-electron chi connectivity index (χ0n) is 23.4. The molecule has 206 valence electrons. The Bertz CT molecular complexity index is 1090. The minimum Gasteiger partial charge on any atom is -1.00 e. The molecule has 0 unspecified atom stereocenters. The van der Waals surface area contributed by atoms with Gasteiger partial charge in [0.15, 0.2) is 0 Å². The van der Waals surface area contributed by atoms with Gasteiger partial charge >= 0.3 is 17.1 Å². The Morgan fingerprint density at radius 1 is 0.605 bits per heavy atom. The molecule has 0 aliphatic carbocycles. The Labute approximate surface area is 257 Å². The van der Waals surface area contributed by atoms with Crippen molar-refractivity contribution in [1.29, 1.82) is 0 Å². The van der Waals surface area contributed by atoms with E-state index in [-0.39, 0.29) is 41.9 Å². The second-order valence-corrected chi connectivity index (χ2v) is 10.8. The molecule has 0 spiro atoms. The number of aromatic nitrogens is 1. The van der Waals surface area contributed by atoms with Crippen LogP contribution in [-0.2, 0) is 17.1 Å². The smallest absolute Gasteiger partial charge is 1.00 e. The number of aliphatic imine (C=N–C) groups is 2. The number of hydrogen-bond donors (Lipinski definition) is 0. The zero-order valence-corrected chi connectivity index (χ0v) is 26.8. The van der Waals surface area contributed by atoms with Crippen molar-refractivity contribution in [2.24, 2.45) is 9.98 Å². The number of para-hydroxylation sites is 2. The summed E-state index contributed by atoms with van der Waals surface area (Å²) in [5.74, 6) is 1.53. The van der Waals surface area contributed by atoms with Crippen LogP contribution in [0.2, 0.25) is 5.02 Å². The Balaban J connectivity index is 0.00000456. The van der Waals surface area contributed by atoms with Gasteiger partial charge in [-0.1, -0.05) is 103 Å². The predicted octanol–water partition coefficient (Wildman–Crippen LogP) is 3.74. The van der Waals surface area contributed by atoms with Crippen molar-refractivity contribution in [3.8, 4) is 0 Å². The average Bonchev–Trinajstić information content (AvgIpc) is 2.80. The number of pyridine rings is 1. The number of rotatable bonds is 8. The van der Waals surface area contributed by atoms with Crippen molar-refractivity contribution in [2.75, 3.05) is 0 Å². The van der Waals surface area contributed by atoms with Crippen LogP contribution in [0.5, 0.6) is 0 Å². The minimum atomic E-state index is 0. The number of benzene rings is 2. The van der Waals surface area contributed by atoms with Gasteiger partial charge in [0.05, 0.1) is 35.2 Å². The van der Waals surface area contributed by atoms with E-state index in [4.69, 9.17) is 26.6 Å². The first kappa shape index (κ1) is 36.3. The maximum absolute atomic E-state index is 6.48. The maximum atomic E-state index is 6.48. The average molecular weight is 615 g/mol. The van der Waals surface area contributed by atoms with E-state index in [1.54, 1.807) is 0 Å². The van der Waals surface area contributed by atoms with Crippen molar-refractivity contribution in [3.05, 3.63) is 87.2 Å². The van der Waals surface area contributed by atoms with Gasteiger partial charge in [-0.15, -0.1) is 0 Å². The standard InChI is InChI=1S/C31H38ClN3.2ClH.Fe/c1-19(2)26-11-9-12-27(20(3)4)30(26)33-17-24-15-23(32)16-25(35-24)18-34-31-28(21(5)6)13-10-14-29(31)22(7)8;;;/h9-22H,1-8H3;2*1H;/q;;;+2/p-2. The first-order valence-electron chi connectivity index (χ1n) is 12.6. The topological polar surface area (TPSA) is 37.6 Å². The summed E-state index contributed by atoms with van der Waals surface area (Å²) < 4.78 is 0. The van der Waals surface area contributed by atoms with E-state index in [2.05, 4.69) is 91.8 Å². The summed E-state index contributed by atoms with van der Waals surface area (Å²) in [7, 11) is 0. The third kappa shape index (κ3) is 9.21. The summed E-state index contributed by atoms with van der Waals surface area (Å²) in [6, 6.07) is 16.6. The summed E-state index contributed by atoms with van der Waals surface area (Å²) in [5.41, 5.74) is 8.45. The first-order chi connectivity index (χ1) is 16.6. The second kappa shape index (κ2) is 16.4. The molecule has 0 amide bonds. The third-order valence-electron chi connectivity index (χ3n) is 6.17. The van der Waals surface area contributed by atoms with E-state index in [1.807, 2.05) is 24.6 Å². The monoisotopic (exact) mass is 613 g/mol. The molecule has 0 aliphatic heterocycles. The molecular formula is C31H38Cl3FeN3. The van der Waals surface area contributed by atoms with Crippen LogP contribution < -0.4 is 24.8 Å². The fourth-order valence-corrected chi connectivity index (χ4v) is 4.48. The van der Waals surface area contributed by atoms with Crippen LogP contribution in [0.15, 0.2) is 58.5 Å². The van der Waals surface area contributed by atoms with Crippen LogP contribution in [0, 0.1) is 0 Å². The van der Waals surface area contributed by atoms with Crippen molar-refractivity contribution in [3.63, 3.8) is 0 Å². The van der Waals surface area contributed by atoms with Crippen molar-refractivity contribution >= 4 is 35.4 Å². The molecule has 1 heterocycles. The number of halogens is 3. The predicted molar refractivity (Wildman–Crippen MR) is 153 cm³/mol. The molecule has 0 saturated heterocycles. The number of hydrogen-bond acceptors (Lipinski definition) is 3. The summed E-state index contributed by atoms with van der Waals surface area (Å²) in [6.07, 6.45) is 3.63. The molecule has 0 atom stereocenters. The molecule has 0 fully saturated rings. The zero-order chi connectivity index (χ0) is 25.7. The van der Waals surface area contributed by atoms with Crippen LogP contribution in [0.3, 0.4) is 0 Å². The molecule has 0 bridgehead atoms. The summed E-state index contributed by atoms with van der Waals surface area (Å²) >= 11 is 6.48. The molecule has 2 aromatic carbocycles. The Kier molecular flexibility index (Phi) is 15.7. The van der Waals surface area contributed by atoms with E-state index < -0.39 is 0 Å². The molecule has 0 aliphatic rings. The Morgan fingerprint density at radius 3 is 1.16 bits per heavy atom. The summed E-state index contributed by atoms with van der Waals surface area (Å²) in [4.78, 5) is 14.6. The SMILES string of the molecule is CC(C)c1cccc(C(C)C)c1N=Cc1cc(Cl)cc(C=Nc2c(C(C)C)cccc2C(C)C)n1.[Cl-].[Cl-].[Fe+2]. The molecule has 3 rings (SSSR count). The van der Waals surface area contributed by atoms with Gasteiger partial charge in [0.25, 0.3) is 0 Å². The fourth-order valence-electron chi connectivity index (χ4n) is 4.25. The van der Waals surface area contributed by atoms with Crippen LogP contribution in [-0.4, -0.2) is 17.4 Å². The molecule has 0 radical (unpaired) electrons. The molecule has 0 N–H and O–H groups in total. The second-order valence-electron chi connectivity index (χ2n) is 10.3. The largest absolute Gasteiger partial charge is 2.00 e. The van der Waals surface area contributed by atoms with Crippen LogP contribution in [0.4, 0.5) is 11.4 Å². The van der Waals surface area contributed by atoms with Crippen LogP contribution >= 0.6 is 11.6 Å². The Hall–Kier alpha value is -1.68. The molecule has 3 nitrogen and oxygen atoms in total. The van der Waals surface area contributed by atoms with E-state index in [0.29, 0.717) is 40.1 Å². The maximum Gasteiger partial charge on any atom is 2.00 e. The van der Waals surface area contributed by atoms with E-state index in [9.17, 15) is 0 Å². The van der Waals surface area contributed by atoms with Gasteiger partial charge in [0.2, 0.25) is 0 Å². The van der Waals surface area contributed by atoms with Crippen molar-refractivity contribution in [1.82, 2.24) is 4.98 Å². The van der Waals surface area contributed by atoms with Crippen LogP contribution in [0.1, 0.15) is 113 Å². The van der Waals surface area contributed by atoms with Gasteiger partial charge in [0.1, 0.15) is 0 Å². The van der Waals surface area contributed by atoms with E-state index >= 15 is 0 Å². The van der Waals surface area contributed by atoms with Gasteiger partial charge in [-0.05, 0) is 58.1 Å². The van der Waals surface area contributed by atoms with Gasteiger partial charge in [0, 0.05) is 5.02 Å². The molecule has 3 aromatic rings. The van der Waals surface area contributed by atoms with Gasteiger partial charge in [-0.25, -0.2) is 4.98 Å².